The van der Waals surface area contributed by atoms with Gasteiger partial charge in [0.15, 0.2) is 0 Å². The first-order chi connectivity index (χ1) is 9.23. The Kier molecular flexibility index (Phi) is 4.58. The first-order valence-electron chi connectivity index (χ1n) is 5.71. The predicted molar refractivity (Wildman–Crippen MR) is 72.5 cm³/mol. The molecule has 7 heteroatoms. The van der Waals surface area contributed by atoms with Gasteiger partial charge < -0.3 is 10.4 Å². The summed E-state index contributed by atoms with van der Waals surface area (Å²) in [4.78, 5) is 32.8. The van der Waals surface area contributed by atoms with Crippen molar-refractivity contribution in [3.63, 3.8) is 0 Å². The minimum absolute atomic E-state index is 0.0423. The molecule has 2 N–H and O–H groups in total. The van der Waals surface area contributed by atoms with Gasteiger partial charge in [-0.1, -0.05) is 6.07 Å². The SMILES string of the molecule is CC(C(=O)O)=C(C)C(=O)Nc1ccc(C)c([N+](=O)[O-])c1. The molecular weight excluding hydrogens is 264 g/mol. The van der Waals surface area contributed by atoms with Crippen LogP contribution >= 0.6 is 0 Å². The normalized spacial score (nSPS) is 11.6. The topological polar surface area (TPSA) is 110 Å². The lowest BCUT2D eigenvalue weighted by Gasteiger charge is -2.07. The zero-order chi connectivity index (χ0) is 15.4. The van der Waals surface area contributed by atoms with Crippen molar-refractivity contribution in [2.45, 2.75) is 20.8 Å². The maximum atomic E-state index is 11.8. The number of anilines is 1. The van der Waals surface area contributed by atoms with Gasteiger partial charge in [-0.05, 0) is 26.8 Å². The average molecular weight is 278 g/mol. The number of carboxylic acid groups (broad SMARTS) is 1. The lowest BCUT2D eigenvalue weighted by Crippen LogP contribution is -2.16. The molecule has 0 atom stereocenters. The molecule has 20 heavy (non-hydrogen) atoms. The van der Waals surface area contributed by atoms with Crippen molar-refractivity contribution < 1.29 is 19.6 Å². The van der Waals surface area contributed by atoms with Crippen molar-refractivity contribution in [3.05, 3.63) is 45.0 Å². The van der Waals surface area contributed by atoms with Gasteiger partial charge in [0.25, 0.3) is 11.6 Å². The fourth-order valence-electron chi connectivity index (χ4n) is 1.44. The molecule has 0 spiro atoms. The van der Waals surface area contributed by atoms with E-state index in [0.29, 0.717) is 5.56 Å². The first kappa shape index (κ1) is 15.4. The maximum absolute atomic E-state index is 11.8. The summed E-state index contributed by atoms with van der Waals surface area (Å²) in [6.07, 6.45) is 0. The molecule has 106 valence electrons. The fraction of sp³-hybridized carbons (Fsp3) is 0.231. The van der Waals surface area contributed by atoms with Crippen LogP contribution in [0.5, 0.6) is 0 Å². The number of carboxylic acids is 1. The van der Waals surface area contributed by atoms with Crippen molar-refractivity contribution in [1.82, 2.24) is 0 Å². The molecule has 0 saturated heterocycles. The fourth-order valence-corrected chi connectivity index (χ4v) is 1.44. The Morgan fingerprint density at radius 3 is 2.35 bits per heavy atom. The highest BCUT2D eigenvalue weighted by Crippen LogP contribution is 2.22. The number of aryl methyl sites for hydroxylation is 1. The number of nitrogens with zero attached hydrogens (tertiary/aromatic N) is 1. The summed E-state index contributed by atoms with van der Waals surface area (Å²) >= 11 is 0. The van der Waals surface area contributed by atoms with Crippen LogP contribution in [0.1, 0.15) is 19.4 Å². The Labute approximate surface area is 115 Å². The predicted octanol–water partition coefficient (Wildman–Crippen LogP) is 2.26. The summed E-state index contributed by atoms with van der Waals surface area (Å²) in [6.45, 7) is 4.28. The van der Waals surface area contributed by atoms with E-state index in [4.69, 9.17) is 5.11 Å². The number of benzene rings is 1. The molecule has 0 saturated carbocycles. The molecule has 0 bridgehead atoms. The highest BCUT2D eigenvalue weighted by Gasteiger charge is 2.15. The third-order valence-electron chi connectivity index (χ3n) is 2.89. The van der Waals surface area contributed by atoms with Crippen molar-refractivity contribution in [2.24, 2.45) is 0 Å². The highest BCUT2D eigenvalue weighted by molar-refractivity contribution is 6.08. The van der Waals surface area contributed by atoms with Crippen molar-refractivity contribution in [1.29, 1.82) is 0 Å². The van der Waals surface area contributed by atoms with Gasteiger partial charge in [-0.2, -0.15) is 0 Å². The van der Waals surface area contributed by atoms with Gasteiger partial charge in [0, 0.05) is 28.5 Å². The number of nitro benzene ring substituents is 1. The number of amides is 1. The largest absolute Gasteiger partial charge is 0.478 e. The minimum Gasteiger partial charge on any atom is -0.478 e. The Balaban J connectivity index is 3.03. The molecule has 0 heterocycles. The second kappa shape index (κ2) is 5.96. The van der Waals surface area contributed by atoms with E-state index in [0.717, 1.165) is 0 Å². The van der Waals surface area contributed by atoms with Crippen molar-refractivity contribution in [3.8, 4) is 0 Å². The molecule has 0 aliphatic heterocycles. The van der Waals surface area contributed by atoms with Crippen LogP contribution in [0, 0.1) is 17.0 Å². The van der Waals surface area contributed by atoms with E-state index in [1.54, 1.807) is 6.92 Å². The number of nitrogens with one attached hydrogen (secondary N) is 1. The number of rotatable bonds is 4. The molecule has 1 aromatic carbocycles. The number of hydrogen-bond acceptors (Lipinski definition) is 4. The summed E-state index contributed by atoms with van der Waals surface area (Å²) in [5.41, 5.74) is 0.566. The number of aliphatic carboxylic acids is 1. The zero-order valence-corrected chi connectivity index (χ0v) is 11.3. The standard InChI is InChI=1S/C13H14N2O5/c1-7-4-5-10(6-11(7)15(19)20)14-12(16)8(2)9(3)13(17)18/h4-6H,1-3H3,(H,14,16)(H,17,18). The number of hydrogen-bond donors (Lipinski definition) is 2. The van der Waals surface area contributed by atoms with E-state index in [-0.39, 0.29) is 22.5 Å². The quantitative estimate of drug-likeness (QED) is 0.498. The summed E-state index contributed by atoms with van der Waals surface area (Å²) in [6, 6.07) is 4.26. The summed E-state index contributed by atoms with van der Waals surface area (Å²) in [7, 11) is 0. The third-order valence-corrected chi connectivity index (χ3v) is 2.89. The van der Waals surface area contributed by atoms with Crippen LogP contribution in [-0.2, 0) is 9.59 Å². The molecular formula is C13H14N2O5. The Bertz CT molecular complexity index is 619. The van der Waals surface area contributed by atoms with Crippen LogP contribution in [0.25, 0.3) is 0 Å². The lowest BCUT2D eigenvalue weighted by molar-refractivity contribution is -0.385. The molecule has 0 aromatic heterocycles. The van der Waals surface area contributed by atoms with E-state index in [2.05, 4.69) is 5.32 Å². The van der Waals surface area contributed by atoms with Crippen LogP contribution in [0.4, 0.5) is 11.4 Å². The van der Waals surface area contributed by atoms with Crippen molar-refractivity contribution >= 4 is 23.3 Å². The van der Waals surface area contributed by atoms with Gasteiger partial charge in [0.2, 0.25) is 0 Å². The van der Waals surface area contributed by atoms with Crippen LogP contribution in [-0.4, -0.2) is 21.9 Å². The van der Waals surface area contributed by atoms with Gasteiger partial charge in [-0.25, -0.2) is 4.79 Å². The molecule has 1 rings (SSSR count). The minimum atomic E-state index is -1.19. The van der Waals surface area contributed by atoms with E-state index in [1.165, 1.54) is 32.0 Å². The molecule has 0 unspecified atom stereocenters. The van der Waals surface area contributed by atoms with E-state index in [1.807, 2.05) is 0 Å². The van der Waals surface area contributed by atoms with Crippen LogP contribution in [0.15, 0.2) is 29.3 Å². The zero-order valence-electron chi connectivity index (χ0n) is 11.3. The van der Waals surface area contributed by atoms with Gasteiger partial charge in [0.05, 0.1) is 4.92 Å². The molecule has 1 amide bonds. The number of carbonyl (C=O) groups is 2. The van der Waals surface area contributed by atoms with Gasteiger partial charge in [-0.3, -0.25) is 14.9 Å². The first-order valence-corrected chi connectivity index (χ1v) is 5.71. The molecule has 7 nitrogen and oxygen atoms in total. The van der Waals surface area contributed by atoms with Crippen LogP contribution < -0.4 is 5.32 Å². The smallest absolute Gasteiger partial charge is 0.331 e. The summed E-state index contributed by atoms with van der Waals surface area (Å²) in [5.74, 6) is -1.80. The Hall–Kier alpha value is -2.70. The molecule has 0 aliphatic rings. The molecule has 0 radical (unpaired) electrons. The Morgan fingerprint density at radius 2 is 1.85 bits per heavy atom. The molecule has 0 fully saturated rings. The van der Waals surface area contributed by atoms with Gasteiger partial charge in [-0.15, -0.1) is 0 Å². The Morgan fingerprint density at radius 1 is 1.25 bits per heavy atom. The van der Waals surface area contributed by atoms with E-state index >= 15 is 0 Å². The third kappa shape index (κ3) is 3.41. The second-order valence-electron chi connectivity index (χ2n) is 4.27. The van der Waals surface area contributed by atoms with E-state index in [9.17, 15) is 19.7 Å². The lowest BCUT2D eigenvalue weighted by atomic mass is 10.1. The molecule has 0 aliphatic carbocycles. The summed E-state index contributed by atoms with van der Waals surface area (Å²) < 4.78 is 0. The van der Waals surface area contributed by atoms with Crippen LogP contribution in [0.3, 0.4) is 0 Å². The highest BCUT2D eigenvalue weighted by atomic mass is 16.6. The average Bonchev–Trinajstić information content (AvgIpc) is 2.38. The van der Waals surface area contributed by atoms with Crippen LogP contribution in [0.2, 0.25) is 0 Å². The van der Waals surface area contributed by atoms with Gasteiger partial charge >= 0.3 is 5.97 Å². The van der Waals surface area contributed by atoms with Gasteiger partial charge in [0.1, 0.15) is 0 Å². The monoisotopic (exact) mass is 278 g/mol. The number of carbonyl (C=O) groups excluding carboxylic acids is 1. The summed E-state index contributed by atoms with van der Waals surface area (Å²) in [5, 5.41) is 22.0. The second-order valence-corrected chi connectivity index (χ2v) is 4.27. The maximum Gasteiger partial charge on any atom is 0.331 e. The molecule has 1 aromatic rings. The van der Waals surface area contributed by atoms with E-state index < -0.39 is 16.8 Å². The van der Waals surface area contributed by atoms with Crippen molar-refractivity contribution in [2.75, 3.05) is 5.32 Å². The number of nitro groups is 1.